The molecule has 2 aromatic rings. The summed E-state index contributed by atoms with van der Waals surface area (Å²) in [4.78, 5) is 0.617. The summed E-state index contributed by atoms with van der Waals surface area (Å²) < 4.78 is 15.1. The Hall–Kier alpha value is -0.420. The van der Waals surface area contributed by atoms with Gasteiger partial charge in [-0.05, 0) is 34.5 Å². The van der Waals surface area contributed by atoms with E-state index in [1.54, 1.807) is 31.2 Å². The van der Waals surface area contributed by atoms with Gasteiger partial charge in [0.25, 0.3) is 0 Å². The molecule has 1 nitrogen and oxygen atoms in total. The summed E-state index contributed by atoms with van der Waals surface area (Å²) in [5.74, 6) is -0.374. The summed E-state index contributed by atoms with van der Waals surface area (Å²) in [6.45, 7) is 1.67. The zero-order valence-corrected chi connectivity index (χ0v) is 12.0. The Morgan fingerprint density at radius 3 is 2.76 bits per heavy atom. The van der Waals surface area contributed by atoms with Crippen molar-refractivity contribution in [1.29, 1.82) is 0 Å². The third-order valence-corrected chi connectivity index (χ3v) is 4.98. The van der Waals surface area contributed by atoms with Gasteiger partial charge in [0, 0.05) is 14.9 Å². The molecule has 17 heavy (non-hydrogen) atoms. The van der Waals surface area contributed by atoms with Crippen LogP contribution >= 0.6 is 38.9 Å². The van der Waals surface area contributed by atoms with Crippen LogP contribution in [-0.2, 0) is 0 Å². The van der Waals surface area contributed by atoms with Crippen molar-refractivity contribution >= 4 is 38.9 Å². The third kappa shape index (κ3) is 2.55. The van der Waals surface area contributed by atoms with Crippen molar-refractivity contribution < 1.29 is 9.50 Å². The van der Waals surface area contributed by atoms with Crippen LogP contribution in [0.1, 0.15) is 22.1 Å². The van der Waals surface area contributed by atoms with Crippen LogP contribution in [0.25, 0.3) is 0 Å². The SMILES string of the molecule is Cc1cccc(C(O)c2cc(Br)c(Cl)s2)c1F. The van der Waals surface area contributed by atoms with Crippen molar-refractivity contribution in [2.75, 3.05) is 0 Å². The minimum Gasteiger partial charge on any atom is -0.383 e. The molecular formula is C12H9BrClFOS. The number of aliphatic hydroxyl groups excluding tert-OH is 1. The van der Waals surface area contributed by atoms with Crippen LogP contribution in [0, 0.1) is 12.7 Å². The molecule has 1 heterocycles. The molecule has 0 saturated heterocycles. The maximum absolute atomic E-state index is 13.8. The van der Waals surface area contributed by atoms with Gasteiger partial charge in [-0.25, -0.2) is 4.39 Å². The average Bonchev–Trinajstić information content (AvgIpc) is 2.62. The van der Waals surface area contributed by atoms with E-state index < -0.39 is 6.10 Å². The predicted molar refractivity (Wildman–Crippen MR) is 72.2 cm³/mol. The number of hydrogen-bond donors (Lipinski definition) is 1. The van der Waals surface area contributed by atoms with E-state index >= 15 is 0 Å². The molecular weight excluding hydrogens is 327 g/mol. The monoisotopic (exact) mass is 334 g/mol. The van der Waals surface area contributed by atoms with Crippen molar-refractivity contribution in [3.05, 3.63) is 54.9 Å². The van der Waals surface area contributed by atoms with E-state index in [9.17, 15) is 9.50 Å². The average molecular weight is 336 g/mol. The van der Waals surface area contributed by atoms with Crippen LogP contribution in [0.3, 0.4) is 0 Å². The van der Waals surface area contributed by atoms with Gasteiger partial charge in [0.15, 0.2) is 0 Å². The fourth-order valence-electron chi connectivity index (χ4n) is 1.53. The lowest BCUT2D eigenvalue weighted by molar-refractivity contribution is 0.218. The van der Waals surface area contributed by atoms with Gasteiger partial charge < -0.3 is 5.11 Å². The predicted octanol–water partition coefficient (Wildman–Crippen LogP) is 4.69. The Labute approximate surface area is 116 Å². The molecule has 90 valence electrons. The first-order chi connectivity index (χ1) is 8.00. The van der Waals surface area contributed by atoms with E-state index in [0.29, 0.717) is 19.2 Å². The minimum absolute atomic E-state index is 0.274. The molecule has 1 atom stereocenters. The molecule has 0 spiro atoms. The molecule has 5 heteroatoms. The summed E-state index contributed by atoms with van der Waals surface area (Å²) >= 11 is 10.4. The highest BCUT2D eigenvalue weighted by atomic mass is 79.9. The number of aliphatic hydroxyl groups is 1. The molecule has 1 aromatic heterocycles. The molecule has 2 rings (SSSR count). The van der Waals surface area contributed by atoms with Crippen molar-refractivity contribution in [2.24, 2.45) is 0 Å². The number of halogens is 3. The third-order valence-electron chi connectivity index (χ3n) is 2.45. The summed E-state index contributed by atoms with van der Waals surface area (Å²) in [6.07, 6.45) is -0.983. The first-order valence-electron chi connectivity index (χ1n) is 4.88. The zero-order valence-electron chi connectivity index (χ0n) is 8.88. The quantitative estimate of drug-likeness (QED) is 0.844. The maximum Gasteiger partial charge on any atom is 0.132 e. The Kier molecular flexibility index (Phi) is 3.88. The molecule has 1 unspecified atom stereocenters. The smallest absolute Gasteiger partial charge is 0.132 e. The number of thiophene rings is 1. The van der Waals surface area contributed by atoms with Gasteiger partial charge in [-0.1, -0.05) is 29.8 Å². The van der Waals surface area contributed by atoms with Gasteiger partial charge in [0.2, 0.25) is 0 Å². The minimum atomic E-state index is -0.983. The molecule has 0 radical (unpaired) electrons. The molecule has 0 fully saturated rings. The van der Waals surface area contributed by atoms with Crippen LogP contribution < -0.4 is 0 Å². The molecule has 0 aliphatic heterocycles. The van der Waals surface area contributed by atoms with Crippen LogP contribution in [0.2, 0.25) is 4.34 Å². The van der Waals surface area contributed by atoms with E-state index in [1.807, 2.05) is 0 Å². The van der Waals surface area contributed by atoms with Gasteiger partial charge in [0.1, 0.15) is 16.3 Å². The summed E-state index contributed by atoms with van der Waals surface area (Å²) in [7, 11) is 0. The van der Waals surface area contributed by atoms with Crippen molar-refractivity contribution in [1.82, 2.24) is 0 Å². The first-order valence-corrected chi connectivity index (χ1v) is 6.87. The summed E-state index contributed by atoms with van der Waals surface area (Å²) in [6, 6.07) is 6.68. The second kappa shape index (κ2) is 5.06. The fourth-order valence-corrected chi connectivity index (χ4v) is 3.27. The highest BCUT2D eigenvalue weighted by Crippen LogP contribution is 2.38. The maximum atomic E-state index is 13.8. The number of rotatable bonds is 2. The zero-order chi connectivity index (χ0) is 12.6. The van der Waals surface area contributed by atoms with Gasteiger partial charge in [-0.15, -0.1) is 11.3 Å². The number of aryl methyl sites for hydroxylation is 1. The van der Waals surface area contributed by atoms with E-state index in [4.69, 9.17) is 11.6 Å². The van der Waals surface area contributed by atoms with Gasteiger partial charge in [-0.2, -0.15) is 0 Å². The summed E-state index contributed by atoms with van der Waals surface area (Å²) in [5.41, 5.74) is 0.790. The molecule has 0 aliphatic carbocycles. The van der Waals surface area contributed by atoms with Crippen LogP contribution in [0.5, 0.6) is 0 Å². The van der Waals surface area contributed by atoms with Crippen LogP contribution in [-0.4, -0.2) is 5.11 Å². The van der Waals surface area contributed by atoms with Crippen molar-refractivity contribution in [3.8, 4) is 0 Å². The van der Waals surface area contributed by atoms with Crippen LogP contribution in [0.4, 0.5) is 4.39 Å². The van der Waals surface area contributed by atoms with Gasteiger partial charge in [0.05, 0.1) is 0 Å². The van der Waals surface area contributed by atoms with Crippen LogP contribution in [0.15, 0.2) is 28.7 Å². The molecule has 0 bridgehead atoms. The second-order valence-corrected chi connectivity index (χ2v) is 6.19. The lowest BCUT2D eigenvalue weighted by Gasteiger charge is -2.11. The molecule has 1 N–H and O–H groups in total. The van der Waals surface area contributed by atoms with Gasteiger partial charge >= 0.3 is 0 Å². The molecule has 1 aromatic carbocycles. The van der Waals surface area contributed by atoms with Gasteiger partial charge in [-0.3, -0.25) is 0 Å². The highest BCUT2D eigenvalue weighted by Gasteiger charge is 2.19. The summed E-state index contributed by atoms with van der Waals surface area (Å²) in [5, 5.41) is 10.1. The second-order valence-electron chi connectivity index (χ2n) is 3.65. The highest BCUT2D eigenvalue weighted by molar-refractivity contribution is 9.10. The standard InChI is InChI=1S/C12H9BrClFOS/c1-6-3-2-4-7(10(6)15)11(16)9-5-8(13)12(14)17-9/h2-5,11,16H,1H3. The Morgan fingerprint density at radius 2 is 2.18 bits per heavy atom. The van der Waals surface area contributed by atoms with E-state index in [-0.39, 0.29) is 11.4 Å². The largest absolute Gasteiger partial charge is 0.383 e. The Balaban J connectivity index is 2.43. The lowest BCUT2D eigenvalue weighted by atomic mass is 10.0. The molecule has 0 amide bonds. The normalized spacial score (nSPS) is 12.8. The number of benzene rings is 1. The Morgan fingerprint density at radius 1 is 1.47 bits per heavy atom. The van der Waals surface area contributed by atoms with Crippen molar-refractivity contribution in [3.63, 3.8) is 0 Å². The van der Waals surface area contributed by atoms with Crippen molar-refractivity contribution in [2.45, 2.75) is 13.0 Å². The molecule has 0 saturated carbocycles. The fraction of sp³-hybridized carbons (Fsp3) is 0.167. The first kappa shape index (κ1) is 13.0. The molecule has 0 aliphatic rings. The number of hydrogen-bond acceptors (Lipinski definition) is 2. The Bertz CT molecular complexity index is 536. The topological polar surface area (TPSA) is 20.2 Å². The lowest BCUT2D eigenvalue weighted by Crippen LogP contribution is -2.01. The van der Waals surface area contributed by atoms with E-state index in [1.165, 1.54) is 11.3 Å². The van der Waals surface area contributed by atoms with E-state index in [2.05, 4.69) is 15.9 Å². The van der Waals surface area contributed by atoms with E-state index in [0.717, 1.165) is 0 Å².